The summed E-state index contributed by atoms with van der Waals surface area (Å²) >= 11 is 0. The van der Waals surface area contributed by atoms with Crippen LogP contribution >= 0.6 is 0 Å². The molecule has 0 spiro atoms. The maximum atomic E-state index is 11.9. The normalized spacial score (nSPS) is 11.2. The molecule has 0 bridgehead atoms. The summed E-state index contributed by atoms with van der Waals surface area (Å²) in [6.45, 7) is -0.00849. The van der Waals surface area contributed by atoms with Gasteiger partial charge in [-0.15, -0.1) is 0 Å². The fourth-order valence-electron chi connectivity index (χ4n) is 1.34. The Labute approximate surface area is 105 Å². The fraction of sp³-hybridized carbons (Fsp3) is 0.364. The first kappa shape index (κ1) is 14.3. The van der Waals surface area contributed by atoms with Gasteiger partial charge in [0.2, 0.25) is 0 Å². The summed E-state index contributed by atoms with van der Waals surface area (Å²) in [5.74, 6) is -1.49. The molecule has 1 aromatic rings. The van der Waals surface area contributed by atoms with Crippen LogP contribution in [0, 0.1) is 0 Å². The number of nitrogens with zero attached hydrogens (tertiary/aromatic N) is 1. The molecule has 0 fully saturated rings. The summed E-state index contributed by atoms with van der Waals surface area (Å²) < 4.78 is 22.0. The number of carbonyl (C=O) groups excluding carboxylic acids is 1. The van der Waals surface area contributed by atoms with Gasteiger partial charge in [-0.3, -0.25) is 4.79 Å². The van der Waals surface area contributed by atoms with Crippen molar-refractivity contribution in [1.82, 2.24) is 4.90 Å². The van der Waals surface area contributed by atoms with E-state index in [9.17, 15) is 23.4 Å². The minimum atomic E-state index is -3.17. The van der Waals surface area contributed by atoms with Crippen LogP contribution in [0.2, 0.25) is 0 Å². The van der Waals surface area contributed by atoms with E-state index in [1.807, 2.05) is 0 Å². The second-order valence-electron chi connectivity index (χ2n) is 4.03. The zero-order valence-electron chi connectivity index (χ0n) is 10.1. The molecule has 0 atom stereocenters. The molecule has 100 valence electrons. The molecule has 0 unspecified atom stereocenters. The van der Waals surface area contributed by atoms with Gasteiger partial charge in [0.15, 0.2) is 0 Å². The van der Waals surface area contributed by atoms with Crippen molar-refractivity contribution < 1.29 is 23.4 Å². The highest BCUT2D eigenvalue weighted by Crippen LogP contribution is 2.27. The average Bonchev–Trinajstić information content (AvgIpc) is 2.24. The van der Waals surface area contributed by atoms with Crippen LogP contribution in [0.25, 0.3) is 0 Å². The molecule has 0 aromatic heterocycles. The van der Waals surface area contributed by atoms with Crippen LogP contribution in [0.3, 0.4) is 0 Å². The van der Waals surface area contributed by atoms with Crippen molar-refractivity contribution in [3.8, 4) is 11.5 Å². The Morgan fingerprint density at radius 3 is 2.22 bits per heavy atom. The van der Waals surface area contributed by atoms with E-state index < -0.39 is 15.7 Å². The molecule has 18 heavy (non-hydrogen) atoms. The lowest BCUT2D eigenvalue weighted by Crippen LogP contribution is -2.31. The third-order valence-electron chi connectivity index (χ3n) is 2.38. The molecule has 6 nitrogen and oxygen atoms in total. The summed E-state index contributed by atoms with van der Waals surface area (Å²) in [6.07, 6.45) is 1.07. The van der Waals surface area contributed by atoms with E-state index in [1.165, 1.54) is 25.2 Å². The number of carbonyl (C=O) groups is 1. The molecule has 1 amide bonds. The maximum Gasteiger partial charge on any atom is 0.261 e. The van der Waals surface area contributed by atoms with Crippen molar-refractivity contribution >= 4 is 15.7 Å². The average molecular weight is 273 g/mol. The van der Waals surface area contributed by atoms with Crippen LogP contribution in [-0.2, 0) is 9.84 Å². The highest BCUT2D eigenvalue weighted by atomic mass is 32.2. The van der Waals surface area contributed by atoms with E-state index in [4.69, 9.17) is 0 Å². The lowest BCUT2D eigenvalue weighted by atomic mass is 10.1. The van der Waals surface area contributed by atoms with Gasteiger partial charge in [-0.1, -0.05) is 6.07 Å². The van der Waals surface area contributed by atoms with E-state index in [2.05, 4.69) is 0 Å². The number of aromatic hydroxyl groups is 2. The summed E-state index contributed by atoms with van der Waals surface area (Å²) in [5, 5.41) is 19.0. The number of amides is 1. The third-order valence-corrected chi connectivity index (χ3v) is 3.30. The van der Waals surface area contributed by atoms with Gasteiger partial charge >= 0.3 is 0 Å². The van der Waals surface area contributed by atoms with Crippen LogP contribution in [0.4, 0.5) is 0 Å². The second-order valence-corrected chi connectivity index (χ2v) is 6.29. The van der Waals surface area contributed by atoms with Crippen LogP contribution < -0.4 is 0 Å². The first-order chi connectivity index (χ1) is 8.22. The number of rotatable bonds is 4. The topological polar surface area (TPSA) is 94.9 Å². The second kappa shape index (κ2) is 5.26. The van der Waals surface area contributed by atoms with E-state index in [0.717, 1.165) is 11.2 Å². The molecule has 1 aromatic carbocycles. The lowest BCUT2D eigenvalue weighted by Gasteiger charge is -2.17. The molecule has 0 saturated carbocycles. The summed E-state index contributed by atoms with van der Waals surface area (Å²) in [5.41, 5.74) is -0.228. The maximum absolute atomic E-state index is 11.9. The quantitative estimate of drug-likeness (QED) is 0.818. The minimum absolute atomic E-state index is 0.00849. The van der Waals surface area contributed by atoms with Crippen LogP contribution in [0.15, 0.2) is 18.2 Å². The smallest absolute Gasteiger partial charge is 0.261 e. The Morgan fingerprint density at radius 1 is 1.28 bits per heavy atom. The highest BCUT2D eigenvalue weighted by Gasteiger charge is 2.20. The predicted octanol–water partition coefficient (Wildman–Crippen LogP) is 0.214. The zero-order chi connectivity index (χ0) is 13.9. The Morgan fingerprint density at radius 2 is 1.78 bits per heavy atom. The molecular formula is C11H15NO5S. The third kappa shape index (κ3) is 3.63. The van der Waals surface area contributed by atoms with Gasteiger partial charge in [-0.25, -0.2) is 8.42 Å². The Bertz CT molecular complexity index is 532. The predicted molar refractivity (Wildman–Crippen MR) is 66.4 cm³/mol. The summed E-state index contributed by atoms with van der Waals surface area (Å²) in [7, 11) is -1.77. The van der Waals surface area contributed by atoms with E-state index in [1.54, 1.807) is 0 Å². The molecule has 2 N–H and O–H groups in total. The Balaban J connectivity index is 2.87. The molecule has 1 rings (SSSR count). The largest absolute Gasteiger partial charge is 0.507 e. The van der Waals surface area contributed by atoms with Crippen LogP contribution in [0.5, 0.6) is 11.5 Å². The van der Waals surface area contributed by atoms with Crippen molar-refractivity contribution in [2.75, 3.05) is 25.6 Å². The highest BCUT2D eigenvalue weighted by molar-refractivity contribution is 7.90. The fourth-order valence-corrected chi connectivity index (χ4v) is 1.95. The molecule has 0 aliphatic rings. The summed E-state index contributed by atoms with van der Waals surface area (Å²) in [4.78, 5) is 13.0. The van der Waals surface area contributed by atoms with Gasteiger partial charge in [0.1, 0.15) is 26.9 Å². The molecule has 0 saturated heterocycles. The van der Waals surface area contributed by atoms with E-state index >= 15 is 0 Å². The molecule has 7 heteroatoms. The van der Waals surface area contributed by atoms with Crippen molar-refractivity contribution in [1.29, 1.82) is 0 Å². The molecule has 0 radical (unpaired) electrons. The number of phenols is 2. The minimum Gasteiger partial charge on any atom is -0.507 e. The Hall–Kier alpha value is -1.76. The zero-order valence-corrected chi connectivity index (χ0v) is 10.9. The van der Waals surface area contributed by atoms with E-state index in [0.29, 0.717) is 0 Å². The van der Waals surface area contributed by atoms with Gasteiger partial charge in [0.05, 0.1) is 5.75 Å². The molecular weight excluding hydrogens is 258 g/mol. The number of hydrogen-bond acceptors (Lipinski definition) is 5. The van der Waals surface area contributed by atoms with Gasteiger partial charge in [-0.2, -0.15) is 0 Å². The number of sulfone groups is 1. The van der Waals surface area contributed by atoms with Gasteiger partial charge < -0.3 is 15.1 Å². The summed E-state index contributed by atoms with van der Waals surface area (Å²) in [6, 6.07) is 3.95. The number of phenolic OH excluding ortho intramolecular Hbond substituents is 2. The Kier molecular flexibility index (Phi) is 4.18. The van der Waals surface area contributed by atoms with Crippen LogP contribution in [0.1, 0.15) is 10.4 Å². The number of hydrogen-bond donors (Lipinski definition) is 2. The van der Waals surface area contributed by atoms with Crippen molar-refractivity contribution in [2.45, 2.75) is 0 Å². The molecule has 0 aliphatic carbocycles. The van der Waals surface area contributed by atoms with Crippen LogP contribution in [-0.4, -0.2) is 55.0 Å². The van der Waals surface area contributed by atoms with Gasteiger partial charge in [0, 0.05) is 19.8 Å². The SMILES string of the molecule is CN(CCS(C)(=O)=O)C(=O)c1c(O)cccc1O. The first-order valence-electron chi connectivity index (χ1n) is 5.16. The van der Waals surface area contributed by atoms with Crippen molar-refractivity contribution in [3.63, 3.8) is 0 Å². The lowest BCUT2D eigenvalue weighted by molar-refractivity contribution is 0.0797. The standard InChI is InChI=1S/C11H15NO5S/c1-12(6-7-18(2,16)17)11(15)10-8(13)4-3-5-9(10)14/h3-5,13-14H,6-7H2,1-2H3. The number of benzene rings is 1. The van der Waals surface area contributed by atoms with E-state index in [-0.39, 0.29) is 29.4 Å². The monoisotopic (exact) mass is 273 g/mol. The van der Waals surface area contributed by atoms with Gasteiger partial charge in [-0.05, 0) is 12.1 Å². The molecule has 0 heterocycles. The van der Waals surface area contributed by atoms with Gasteiger partial charge in [0.25, 0.3) is 5.91 Å². The first-order valence-corrected chi connectivity index (χ1v) is 7.22. The van der Waals surface area contributed by atoms with Crippen molar-refractivity contribution in [2.24, 2.45) is 0 Å². The molecule has 0 aliphatic heterocycles. The van der Waals surface area contributed by atoms with Crippen molar-refractivity contribution in [3.05, 3.63) is 23.8 Å².